The minimum absolute atomic E-state index is 0.251. The van der Waals surface area contributed by atoms with Gasteiger partial charge in [-0.3, -0.25) is 9.36 Å². The van der Waals surface area contributed by atoms with Crippen molar-refractivity contribution in [1.82, 2.24) is 19.7 Å². The van der Waals surface area contributed by atoms with Gasteiger partial charge in [-0.2, -0.15) is 0 Å². The minimum atomic E-state index is -0.646. The average Bonchev–Trinajstić information content (AvgIpc) is 3.03. The Hall–Kier alpha value is -3.55. The lowest BCUT2D eigenvalue weighted by atomic mass is 10.2. The number of hydrogen-bond donors (Lipinski definition) is 1. The molecule has 0 spiro atoms. The van der Waals surface area contributed by atoms with Gasteiger partial charge in [0.05, 0.1) is 13.7 Å². The second kappa shape index (κ2) is 9.09. The van der Waals surface area contributed by atoms with Crippen LogP contribution in [0.15, 0.2) is 59.4 Å². The molecular formula is C21H24N4O4. The summed E-state index contributed by atoms with van der Waals surface area (Å²) in [5, 5.41) is 7.16. The van der Waals surface area contributed by atoms with Crippen LogP contribution in [-0.2, 0) is 18.4 Å². The number of nitrogens with zero attached hydrogens (tertiary/aromatic N) is 3. The van der Waals surface area contributed by atoms with Gasteiger partial charge >= 0.3 is 5.69 Å². The number of benzene rings is 2. The zero-order chi connectivity index (χ0) is 20.8. The molecule has 3 rings (SSSR count). The van der Waals surface area contributed by atoms with Crippen molar-refractivity contribution in [3.63, 3.8) is 0 Å². The van der Waals surface area contributed by atoms with E-state index >= 15 is 0 Å². The molecule has 0 saturated heterocycles. The summed E-state index contributed by atoms with van der Waals surface area (Å²) in [6.07, 6.45) is -0.646. The highest BCUT2D eigenvalue weighted by Crippen LogP contribution is 2.19. The van der Waals surface area contributed by atoms with Crippen LogP contribution in [0.4, 0.5) is 0 Å². The van der Waals surface area contributed by atoms with Crippen LogP contribution in [0, 0.1) is 0 Å². The molecule has 1 aromatic heterocycles. The summed E-state index contributed by atoms with van der Waals surface area (Å²) < 4.78 is 13.6. The first-order valence-corrected chi connectivity index (χ1v) is 9.27. The highest BCUT2D eigenvalue weighted by Gasteiger charge is 2.15. The molecule has 0 aliphatic rings. The number of carbonyl (C=O) groups is 1. The van der Waals surface area contributed by atoms with E-state index in [0.29, 0.717) is 11.6 Å². The molecule has 3 aromatic rings. The summed E-state index contributed by atoms with van der Waals surface area (Å²) in [5.74, 6) is 1.64. The topological polar surface area (TPSA) is 87.4 Å². The zero-order valence-corrected chi connectivity index (χ0v) is 16.7. The number of nitrogens with one attached hydrogen (secondary N) is 1. The molecule has 1 unspecified atom stereocenters. The van der Waals surface area contributed by atoms with Gasteiger partial charge in [-0.1, -0.05) is 18.2 Å². The first kappa shape index (κ1) is 20.2. The van der Waals surface area contributed by atoms with Gasteiger partial charge in [-0.25, -0.2) is 9.48 Å². The Morgan fingerprint density at radius 2 is 1.79 bits per heavy atom. The van der Waals surface area contributed by atoms with Crippen molar-refractivity contribution in [2.24, 2.45) is 7.05 Å². The van der Waals surface area contributed by atoms with Crippen molar-refractivity contribution >= 4 is 5.91 Å². The SMILES string of the molecule is COc1ccc(-c2nn(CCNC(=O)C(C)Oc3ccccc3)c(=O)n2C)cc1. The molecule has 1 amide bonds. The molecule has 0 aliphatic heterocycles. The number of aromatic nitrogens is 3. The molecule has 152 valence electrons. The number of ether oxygens (including phenoxy) is 2. The molecule has 1 atom stereocenters. The van der Waals surface area contributed by atoms with E-state index in [-0.39, 0.29) is 24.7 Å². The standard InChI is InChI=1S/C21H24N4O4/c1-15(29-18-7-5-4-6-8-18)20(26)22-13-14-25-21(27)24(2)19(23-25)16-9-11-17(28-3)12-10-16/h4-12,15H,13-14H2,1-3H3,(H,22,26). The lowest BCUT2D eigenvalue weighted by molar-refractivity contribution is -0.127. The monoisotopic (exact) mass is 396 g/mol. The van der Waals surface area contributed by atoms with Gasteiger partial charge in [0.2, 0.25) is 0 Å². The van der Waals surface area contributed by atoms with Crippen molar-refractivity contribution in [2.45, 2.75) is 19.6 Å². The Balaban J connectivity index is 1.59. The van der Waals surface area contributed by atoms with Gasteiger partial charge in [-0.15, -0.1) is 5.10 Å². The van der Waals surface area contributed by atoms with Crippen LogP contribution in [0.25, 0.3) is 11.4 Å². The molecule has 0 saturated carbocycles. The molecular weight excluding hydrogens is 372 g/mol. The molecule has 0 radical (unpaired) electrons. The number of hydrogen-bond acceptors (Lipinski definition) is 5. The average molecular weight is 396 g/mol. The van der Waals surface area contributed by atoms with Crippen LogP contribution in [0.1, 0.15) is 6.92 Å². The van der Waals surface area contributed by atoms with Gasteiger partial charge in [0.25, 0.3) is 5.91 Å². The maximum atomic E-state index is 12.4. The third-order valence-electron chi connectivity index (χ3n) is 4.44. The molecule has 2 aromatic carbocycles. The Morgan fingerprint density at radius 3 is 2.45 bits per heavy atom. The second-order valence-corrected chi connectivity index (χ2v) is 6.48. The van der Waals surface area contributed by atoms with Gasteiger partial charge in [-0.05, 0) is 43.3 Å². The lowest BCUT2D eigenvalue weighted by Gasteiger charge is -2.14. The van der Waals surface area contributed by atoms with Crippen molar-refractivity contribution in [2.75, 3.05) is 13.7 Å². The fraction of sp³-hybridized carbons (Fsp3) is 0.286. The third kappa shape index (κ3) is 4.84. The first-order chi connectivity index (χ1) is 14.0. The van der Waals surface area contributed by atoms with E-state index < -0.39 is 6.10 Å². The van der Waals surface area contributed by atoms with E-state index in [0.717, 1.165) is 11.3 Å². The Morgan fingerprint density at radius 1 is 1.10 bits per heavy atom. The van der Waals surface area contributed by atoms with E-state index in [1.807, 2.05) is 42.5 Å². The van der Waals surface area contributed by atoms with Gasteiger partial charge < -0.3 is 14.8 Å². The van der Waals surface area contributed by atoms with Crippen molar-refractivity contribution in [3.05, 3.63) is 65.1 Å². The summed E-state index contributed by atoms with van der Waals surface area (Å²) >= 11 is 0. The van der Waals surface area contributed by atoms with E-state index in [4.69, 9.17) is 9.47 Å². The highest BCUT2D eigenvalue weighted by atomic mass is 16.5. The molecule has 8 nitrogen and oxygen atoms in total. The third-order valence-corrected chi connectivity index (χ3v) is 4.44. The molecule has 29 heavy (non-hydrogen) atoms. The fourth-order valence-corrected chi connectivity index (χ4v) is 2.81. The van der Waals surface area contributed by atoms with Crippen molar-refractivity contribution in [1.29, 1.82) is 0 Å². The minimum Gasteiger partial charge on any atom is -0.497 e. The Bertz CT molecular complexity index is 1010. The summed E-state index contributed by atoms with van der Waals surface area (Å²) in [5.41, 5.74) is 0.553. The smallest absolute Gasteiger partial charge is 0.345 e. The number of para-hydroxylation sites is 1. The highest BCUT2D eigenvalue weighted by molar-refractivity contribution is 5.80. The number of amides is 1. The largest absolute Gasteiger partial charge is 0.497 e. The Labute approximate surface area is 168 Å². The second-order valence-electron chi connectivity index (χ2n) is 6.48. The van der Waals surface area contributed by atoms with E-state index in [1.54, 1.807) is 33.2 Å². The zero-order valence-electron chi connectivity index (χ0n) is 16.7. The fourth-order valence-electron chi connectivity index (χ4n) is 2.81. The molecule has 0 aliphatic carbocycles. The van der Waals surface area contributed by atoms with E-state index in [1.165, 1.54) is 9.25 Å². The number of methoxy groups -OCH3 is 1. The Kier molecular flexibility index (Phi) is 6.33. The van der Waals surface area contributed by atoms with Crippen LogP contribution < -0.4 is 20.5 Å². The van der Waals surface area contributed by atoms with Gasteiger partial charge in [0.1, 0.15) is 11.5 Å². The van der Waals surface area contributed by atoms with Crippen molar-refractivity contribution in [3.8, 4) is 22.9 Å². The van der Waals surface area contributed by atoms with Crippen LogP contribution in [0.3, 0.4) is 0 Å². The van der Waals surface area contributed by atoms with Crippen molar-refractivity contribution < 1.29 is 14.3 Å². The summed E-state index contributed by atoms with van der Waals surface area (Å²) in [6.45, 7) is 2.20. The lowest BCUT2D eigenvalue weighted by Crippen LogP contribution is -2.39. The summed E-state index contributed by atoms with van der Waals surface area (Å²) in [6, 6.07) is 16.4. The van der Waals surface area contributed by atoms with Gasteiger partial charge in [0, 0.05) is 19.2 Å². The number of rotatable bonds is 8. The van der Waals surface area contributed by atoms with E-state index in [2.05, 4.69) is 10.4 Å². The van der Waals surface area contributed by atoms with Crippen LogP contribution in [-0.4, -0.2) is 40.0 Å². The molecule has 0 fully saturated rings. The van der Waals surface area contributed by atoms with Crippen LogP contribution in [0.5, 0.6) is 11.5 Å². The normalized spacial score (nSPS) is 11.7. The summed E-state index contributed by atoms with van der Waals surface area (Å²) in [7, 11) is 3.26. The maximum Gasteiger partial charge on any atom is 0.345 e. The molecule has 1 N–H and O–H groups in total. The molecule has 0 bridgehead atoms. The van der Waals surface area contributed by atoms with Gasteiger partial charge in [0.15, 0.2) is 11.9 Å². The van der Waals surface area contributed by atoms with Crippen LogP contribution >= 0.6 is 0 Å². The van der Waals surface area contributed by atoms with E-state index in [9.17, 15) is 9.59 Å². The quantitative estimate of drug-likeness (QED) is 0.628. The first-order valence-electron chi connectivity index (χ1n) is 9.27. The molecule has 8 heteroatoms. The maximum absolute atomic E-state index is 12.4. The molecule has 1 heterocycles. The number of carbonyl (C=O) groups excluding carboxylic acids is 1. The summed E-state index contributed by atoms with van der Waals surface area (Å²) in [4.78, 5) is 24.7. The predicted octanol–water partition coefficient (Wildman–Crippen LogP) is 1.84. The van der Waals surface area contributed by atoms with Crippen LogP contribution in [0.2, 0.25) is 0 Å². The predicted molar refractivity (Wildman–Crippen MR) is 109 cm³/mol.